The minimum atomic E-state index is -5.08. The first kappa shape index (κ1) is 36.6. The molecule has 1 aromatic rings. The third-order valence-corrected chi connectivity index (χ3v) is 6.30. The van der Waals surface area contributed by atoms with Crippen LogP contribution in [0.5, 0.6) is 0 Å². The van der Waals surface area contributed by atoms with Crippen LogP contribution in [0, 0.1) is 11.3 Å². The number of carboxylic acids is 2. The molecule has 0 aliphatic rings. The van der Waals surface area contributed by atoms with Crippen molar-refractivity contribution in [2.45, 2.75) is 78.7 Å². The second-order valence-corrected chi connectivity index (χ2v) is 10.9. The van der Waals surface area contributed by atoms with Crippen LogP contribution >= 0.6 is 0 Å². The normalized spacial score (nSPS) is 15.2. The molecule has 226 valence electrons. The number of likely N-dealkylation sites (N-methyl/N-ethyl adjacent to an activating group) is 2. The van der Waals surface area contributed by atoms with E-state index in [9.17, 15) is 32.7 Å². The summed E-state index contributed by atoms with van der Waals surface area (Å²) in [5, 5.41) is 22.5. The first-order valence-corrected chi connectivity index (χ1v) is 12.7. The lowest BCUT2D eigenvalue weighted by Gasteiger charge is -2.38. The van der Waals surface area contributed by atoms with Crippen LogP contribution in [0.15, 0.2) is 42.0 Å². The molecule has 0 aliphatic carbocycles. The van der Waals surface area contributed by atoms with Crippen LogP contribution in [0.3, 0.4) is 0 Å². The van der Waals surface area contributed by atoms with Gasteiger partial charge < -0.3 is 25.7 Å². The number of aliphatic carboxylic acids is 2. The van der Waals surface area contributed by atoms with Gasteiger partial charge in [-0.15, -0.1) is 0 Å². The molecule has 1 aromatic carbocycles. The number of carboxylic acid groups (broad SMARTS) is 2. The lowest BCUT2D eigenvalue weighted by atomic mass is 9.84. The van der Waals surface area contributed by atoms with Crippen molar-refractivity contribution in [2.75, 3.05) is 14.1 Å². The Labute approximate surface area is 233 Å². The summed E-state index contributed by atoms with van der Waals surface area (Å²) >= 11 is 0. The maximum atomic E-state index is 13.6. The zero-order valence-electron chi connectivity index (χ0n) is 24.5. The van der Waals surface area contributed by atoms with Crippen LogP contribution in [-0.4, -0.2) is 77.3 Å². The number of hydrogen-bond acceptors (Lipinski definition) is 5. The molecule has 0 bridgehead atoms. The first-order chi connectivity index (χ1) is 18.2. The van der Waals surface area contributed by atoms with E-state index in [1.807, 2.05) is 71.9 Å². The molecule has 9 nitrogen and oxygen atoms in total. The molecule has 0 radical (unpaired) electrons. The smallest absolute Gasteiger partial charge is 0.478 e. The largest absolute Gasteiger partial charge is 0.490 e. The number of nitrogens with one attached hydrogen (secondary N) is 2. The SMILES string of the molecule is CN[C@H](C(=O)N[C@H](C(=O)N(C)[C@H](/C=C(\C)C(=O)O)C(C)C)C(C)(C)C)[C@H](C)c1ccccc1.O=C(O)C(F)(F)F. The number of hydrogen-bond donors (Lipinski definition) is 4. The van der Waals surface area contributed by atoms with E-state index in [2.05, 4.69) is 10.6 Å². The molecule has 1 rings (SSSR count). The molecule has 0 saturated heterocycles. The molecule has 0 spiro atoms. The van der Waals surface area contributed by atoms with Crippen molar-refractivity contribution in [1.82, 2.24) is 15.5 Å². The summed E-state index contributed by atoms with van der Waals surface area (Å²) < 4.78 is 31.7. The Morgan fingerprint density at radius 2 is 1.45 bits per heavy atom. The zero-order chi connectivity index (χ0) is 31.6. The van der Waals surface area contributed by atoms with E-state index in [1.54, 1.807) is 25.1 Å². The van der Waals surface area contributed by atoms with Gasteiger partial charge in [-0.2, -0.15) is 13.2 Å². The third kappa shape index (κ3) is 11.4. The summed E-state index contributed by atoms with van der Waals surface area (Å²) in [6.07, 6.45) is -3.49. The zero-order valence-corrected chi connectivity index (χ0v) is 24.5. The molecule has 4 atom stereocenters. The van der Waals surface area contributed by atoms with Crippen molar-refractivity contribution in [3.8, 4) is 0 Å². The Kier molecular flexibility index (Phi) is 14.1. The van der Waals surface area contributed by atoms with Crippen LogP contribution in [0.1, 0.15) is 59.9 Å². The van der Waals surface area contributed by atoms with E-state index in [0.717, 1.165) is 5.56 Å². The summed E-state index contributed by atoms with van der Waals surface area (Å²) in [6.45, 7) is 13.1. The summed E-state index contributed by atoms with van der Waals surface area (Å²) in [5.41, 5.74) is 0.649. The van der Waals surface area contributed by atoms with Gasteiger partial charge in [0.25, 0.3) is 0 Å². The van der Waals surface area contributed by atoms with E-state index < -0.39 is 41.7 Å². The second kappa shape index (κ2) is 15.4. The number of carbonyl (C=O) groups is 4. The Balaban J connectivity index is 0.00000191. The highest BCUT2D eigenvalue weighted by molar-refractivity contribution is 5.91. The number of halogens is 3. The summed E-state index contributed by atoms with van der Waals surface area (Å²) in [7, 11) is 3.39. The van der Waals surface area contributed by atoms with Crippen LogP contribution in [-0.2, 0) is 19.2 Å². The van der Waals surface area contributed by atoms with E-state index in [-0.39, 0.29) is 29.2 Å². The quantitative estimate of drug-likeness (QED) is 0.310. The van der Waals surface area contributed by atoms with Crippen LogP contribution < -0.4 is 10.6 Å². The molecule has 0 fully saturated rings. The molecule has 2 amide bonds. The van der Waals surface area contributed by atoms with Crippen molar-refractivity contribution in [3.63, 3.8) is 0 Å². The highest BCUT2D eigenvalue weighted by Gasteiger charge is 2.39. The Bertz CT molecular complexity index is 1040. The van der Waals surface area contributed by atoms with Gasteiger partial charge in [0.05, 0.1) is 12.1 Å². The maximum Gasteiger partial charge on any atom is 0.490 e. The predicted molar refractivity (Wildman–Crippen MR) is 146 cm³/mol. The fourth-order valence-electron chi connectivity index (χ4n) is 3.87. The minimum absolute atomic E-state index is 0.00673. The van der Waals surface area contributed by atoms with Gasteiger partial charge in [-0.3, -0.25) is 9.59 Å². The van der Waals surface area contributed by atoms with E-state index in [0.29, 0.717) is 0 Å². The highest BCUT2D eigenvalue weighted by Crippen LogP contribution is 2.25. The van der Waals surface area contributed by atoms with E-state index in [1.165, 1.54) is 6.92 Å². The van der Waals surface area contributed by atoms with E-state index >= 15 is 0 Å². The summed E-state index contributed by atoms with van der Waals surface area (Å²) in [5.74, 6) is -4.40. The number of amides is 2. The van der Waals surface area contributed by atoms with Gasteiger partial charge in [-0.05, 0) is 30.9 Å². The topological polar surface area (TPSA) is 136 Å². The van der Waals surface area contributed by atoms with Gasteiger partial charge in [0.2, 0.25) is 11.8 Å². The molecule has 0 aliphatic heterocycles. The number of carbonyl (C=O) groups excluding carboxylic acids is 2. The van der Waals surface area contributed by atoms with Crippen LogP contribution in [0.25, 0.3) is 0 Å². The highest BCUT2D eigenvalue weighted by atomic mass is 19.4. The van der Waals surface area contributed by atoms with Gasteiger partial charge in [-0.1, -0.05) is 78.0 Å². The minimum Gasteiger partial charge on any atom is -0.478 e. The Morgan fingerprint density at radius 3 is 1.80 bits per heavy atom. The van der Waals surface area contributed by atoms with Crippen molar-refractivity contribution in [3.05, 3.63) is 47.5 Å². The monoisotopic (exact) mass is 573 g/mol. The fraction of sp³-hybridized carbons (Fsp3) is 0.571. The van der Waals surface area contributed by atoms with Gasteiger partial charge in [0, 0.05) is 18.5 Å². The van der Waals surface area contributed by atoms with Crippen molar-refractivity contribution < 1.29 is 42.6 Å². The van der Waals surface area contributed by atoms with Crippen LogP contribution in [0.2, 0.25) is 0 Å². The second-order valence-electron chi connectivity index (χ2n) is 10.9. The van der Waals surface area contributed by atoms with Crippen molar-refractivity contribution in [1.29, 1.82) is 0 Å². The average Bonchev–Trinajstić information content (AvgIpc) is 2.84. The Hall–Kier alpha value is -3.41. The molecule has 0 saturated carbocycles. The average molecular weight is 574 g/mol. The molecule has 12 heteroatoms. The first-order valence-electron chi connectivity index (χ1n) is 12.7. The molecule has 40 heavy (non-hydrogen) atoms. The molecule has 4 N–H and O–H groups in total. The number of nitrogens with zero attached hydrogens (tertiary/aromatic N) is 1. The van der Waals surface area contributed by atoms with Crippen molar-refractivity contribution >= 4 is 23.8 Å². The summed E-state index contributed by atoms with van der Waals surface area (Å²) in [4.78, 5) is 48.7. The number of benzene rings is 1. The number of alkyl halides is 3. The lowest BCUT2D eigenvalue weighted by molar-refractivity contribution is -0.192. The molecular weight excluding hydrogens is 531 g/mol. The third-order valence-electron chi connectivity index (χ3n) is 6.30. The molecule has 0 heterocycles. The van der Waals surface area contributed by atoms with Crippen molar-refractivity contribution in [2.24, 2.45) is 11.3 Å². The molecule has 0 unspecified atom stereocenters. The summed E-state index contributed by atoms with van der Waals surface area (Å²) in [6, 6.07) is 8.04. The predicted octanol–water partition coefficient (Wildman–Crippen LogP) is 4.06. The van der Waals surface area contributed by atoms with Gasteiger partial charge in [0.1, 0.15) is 6.04 Å². The fourth-order valence-corrected chi connectivity index (χ4v) is 3.87. The molecular formula is C28H42F3N3O6. The lowest BCUT2D eigenvalue weighted by Crippen LogP contribution is -2.59. The standard InChI is InChI=1S/C26H41N3O4.C2HF3O2/c1-16(2)20(15-17(3)25(32)33)29(9)24(31)22(26(5,6)7)28-23(30)21(27-8)18(4)19-13-11-10-12-14-19;3-2(4,5)1(6)7/h10-16,18,20-22,27H,1-9H3,(H,28,30)(H,32,33);(H,6,7)/b17-15+;/t18-,20-,21+,22-;/m1./s1. The van der Waals surface area contributed by atoms with Crippen LogP contribution in [0.4, 0.5) is 13.2 Å². The van der Waals surface area contributed by atoms with Gasteiger partial charge in [-0.25, -0.2) is 9.59 Å². The number of rotatable bonds is 10. The van der Waals surface area contributed by atoms with E-state index in [4.69, 9.17) is 9.90 Å². The maximum absolute atomic E-state index is 13.6. The van der Waals surface area contributed by atoms with Gasteiger partial charge in [0.15, 0.2) is 0 Å². The molecule has 0 aromatic heterocycles. The Morgan fingerprint density at radius 1 is 0.975 bits per heavy atom. The van der Waals surface area contributed by atoms with Gasteiger partial charge >= 0.3 is 18.1 Å².